The van der Waals surface area contributed by atoms with Gasteiger partial charge in [-0.2, -0.15) is 0 Å². The summed E-state index contributed by atoms with van der Waals surface area (Å²) in [6.07, 6.45) is -3.19. The average Bonchev–Trinajstić information content (AvgIpc) is 2.14. The van der Waals surface area contributed by atoms with Crippen LogP contribution in [0.15, 0.2) is 15.9 Å². The second kappa shape index (κ2) is 4.37. The molecule has 0 aliphatic heterocycles. The molecule has 1 aromatic heterocycles. The lowest BCUT2D eigenvalue weighted by atomic mass is 10.3. The van der Waals surface area contributed by atoms with Crippen LogP contribution in [0.4, 0.5) is 14.5 Å². The molecular formula is C6H3ClF2N2O5S. The maximum Gasteiger partial charge on any atom is 0.352 e. The molecule has 17 heavy (non-hydrogen) atoms. The van der Waals surface area contributed by atoms with Gasteiger partial charge < -0.3 is 4.98 Å². The highest BCUT2D eigenvalue weighted by Crippen LogP contribution is 2.24. The number of nitro groups is 1. The number of aromatic amines is 1. The van der Waals surface area contributed by atoms with Crippen LogP contribution in [0, 0.1) is 10.1 Å². The van der Waals surface area contributed by atoms with E-state index in [1.54, 1.807) is 4.98 Å². The number of pyridine rings is 1. The van der Waals surface area contributed by atoms with Crippen molar-refractivity contribution in [3.63, 3.8) is 0 Å². The van der Waals surface area contributed by atoms with Crippen molar-refractivity contribution < 1.29 is 22.1 Å². The first-order chi connectivity index (χ1) is 7.64. The van der Waals surface area contributed by atoms with E-state index >= 15 is 0 Å². The molecule has 0 aliphatic rings. The topological polar surface area (TPSA) is 110 Å². The lowest BCUT2D eigenvalue weighted by molar-refractivity contribution is -0.389. The Balaban J connectivity index is 3.76. The number of alkyl halides is 2. The van der Waals surface area contributed by atoms with Gasteiger partial charge in [-0.25, -0.2) is 17.2 Å². The molecule has 0 bridgehead atoms. The maximum absolute atomic E-state index is 12.3. The van der Waals surface area contributed by atoms with Crippen LogP contribution >= 0.6 is 10.7 Å². The fourth-order valence-corrected chi connectivity index (χ4v) is 2.00. The van der Waals surface area contributed by atoms with E-state index in [1.807, 2.05) is 0 Å². The second-order valence-corrected chi connectivity index (χ2v) is 5.27. The lowest BCUT2D eigenvalue weighted by Gasteiger charge is -2.03. The van der Waals surface area contributed by atoms with Crippen molar-refractivity contribution in [2.45, 2.75) is 11.5 Å². The first-order valence-corrected chi connectivity index (χ1v) is 6.10. The summed E-state index contributed by atoms with van der Waals surface area (Å²) in [7, 11) is 0.0938. The number of nitrogens with one attached hydrogen (secondary N) is 1. The summed E-state index contributed by atoms with van der Waals surface area (Å²) in [5, 5.41) is 9.09. The first kappa shape index (κ1) is 13.5. The Morgan fingerprint density at radius 3 is 2.35 bits per heavy atom. The average molecular weight is 289 g/mol. The second-order valence-electron chi connectivity index (χ2n) is 2.76. The molecule has 0 saturated carbocycles. The molecule has 1 N–H and O–H groups in total. The fraction of sp³-hybridized carbons (Fsp3) is 0.167. The van der Waals surface area contributed by atoms with Crippen LogP contribution in [0.25, 0.3) is 0 Å². The Labute approximate surface area is 96.6 Å². The molecule has 0 fully saturated rings. The fourth-order valence-electron chi connectivity index (χ4n) is 1.01. The molecule has 0 atom stereocenters. The summed E-state index contributed by atoms with van der Waals surface area (Å²) >= 11 is 0. The molecule has 1 rings (SSSR count). The van der Waals surface area contributed by atoms with Gasteiger partial charge in [-0.05, 0) is 0 Å². The monoisotopic (exact) mass is 288 g/mol. The van der Waals surface area contributed by atoms with Crippen molar-refractivity contribution in [2.24, 2.45) is 0 Å². The summed E-state index contributed by atoms with van der Waals surface area (Å²) in [6.45, 7) is 0. The van der Waals surface area contributed by atoms with Crippen molar-refractivity contribution in [3.8, 4) is 0 Å². The Kier molecular flexibility index (Phi) is 3.48. The lowest BCUT2D eigenvalue weighted by Crippen LogP contribution is -2.15. The Morgan fingerprint density at radius 2 is 2.00 bits per heavy atom. The number of hydrogen-bond acceptors (Lipinski definition) is 5. The molecule has 0 radical (unpaired) electrons. The number of H-pyrrole nitrogens is 1. The molecule has 0 aromatic carbocycles. The third-order valence-electron chi connectivity index (χ3n) is 1.65. The summed E-state index contributed by atoms with van der Waals surface area (Å²) in [5.41, 5.74) is -3.94. The van der Waals surface area contributed by atoms with Gasteiger partial charge in [0.15, 0.2) is 0 Å². The van der Waals surface area contributed by atoms with Crippen molar-refractivity contribution >= 4 is 25.4 Å². The van der Waals surface area contributed by atoms with Crippen molar-refractivity contribution in [2.75, 3.05) is 0 Å². The largest absolute Gasteiger partial charge is 0.352 e. The van der Waals surface area contributed by atoms with Gasteiger partial charge in [-0.1, -0.05) is 0 Å². The van der Waals surface area contributed by atoms with Crippen LogP contribution in [-0.2, 0) is 9.05 Å². The smallest absolute Gasteiger partial charge is 0.338 e. The minimum Gasteiger partial charge on any atom is -0.338 e. The van der Waals surface area contributed by atoms with Crippen molar-refractivity contribution in [1.29, 1.82) is 0 Å². The Bertz CT molecular complexity index is 626. The molecule has 1 heterocycles. The zero-order valence-electron chi connectivity index (χ0n) is 7.69. The van der Waals surface area contributed by atoms with Crippen LogP contribution in [0.1, 0.15) is 12.1 Å². The van der Waals surface area contributed by atoms with Gasteiger partial charge in [0.25, 0.3) is 20.9 Å². The van der Waals surface area contributed by atoms with E-state index in [-0.39, 0.29) is 6.07 Å². The van der Waals surface area contributed by atoms with Gasteiger partial charge in [0.2, 0.25) is 5.03 Å². The van der Waals surface area contributed by atoms with Gasteiger partial charge in [0, 0.05) is 16.7 Å². The van der Waals surface area contributed by atoms with Crippen LogP contribution in [0.2, 0.25) is 0 Å². The van der Waals surface area contributed by atoms with E-state index in [9.17, 15) is 32.1 Å². The maximum atomic E-state index is 12.3. The normalized spacial score (nSPS) is 11.8. The summed E-state index contributed by atoms with van der Waals surface area (Å²) < 4.78 is 46.4. The van der Waals surface area contributed by atoms with Gasteiger partial charge in [0.05, 0.1) is 10.6 Å². The third-order valence-corrected chi connectivity index (χ3v) is 2.90. The highest BCUT2D eigenvalue weighted by molar-refractivity contribution is 8.13. The van der Waals surface area contributed by atoms with Crippen LogP contribution in [-0.4, -0.2) is 18.3 Å². The molecule has 0 saturated heterocycles. The van der Waals surface area contributed by atoms with E-state index in [0.29, 0.717) is 0 Å². The number of rotatable bonds is 3. The van der Waals surface area contributed by atoms with Gasteiger partial charge in [0.1, 0.15) is 0 Å². The predicted octanol–water partition coefficient (Wildman–Crippen LogP) is 1.15. The molecule has 0 amide bonds. The Hall–Kier alpha value is -1.55. The number of nitrogens with zero attached hydrogens (tertiary/aromatic N) is 1. The third kappa shape index (κ3) is 2.77. The molecule has 0 spiro atoms. The molecule has 0 unspecified atom stereocenters. The van der Waals surface area contributed by atoms with Crippen molar-refractivity contribution in [1.82, 2.24) is 4.98 Å². The van der Waals surface area contributed by atoms with Crippen LogP contribution in [0.5, 0.6) is 0 Å². The highest BCUT2D eigenvalue weighted by Gasteiger charge is 2.30. The molecule has 0 aliphatic carbocycles. The van der Waals surface area contributed by atoms with E-state index < -0.39 is 42.2 Å². The van der Waals surface area contributed by atoms with Crippen molar-refractivity contribution in [3.05, 3.63) is 32.1 Å². The number of aromatic nitrogens is 1. The van der Waals surface area contributed by atoms with E-state index in [4.69, 9.17) is 10.7 Å². The van der Waals surface area contributed by atoms with Gasteiger partial charge in [-0.15, -0.1) is 0 Å². The summed E-state index contributed by atoms with van der Waals surface area (Å²) in [4.78, 5) is 21.8. The van der Waals surface area contributed by atoms with E-state index in [0.717, 1.165) is 0 Å². The van der Waals surface area contributed by atoms with Crippen LogP contribution < -0.4 is 5.43 Å². The van der Waals surface area contributed by atoms with Gasteiger partial charge >= 0.3 is 5.69 Å². The number of halogens is 3. The number of hydrogen-bond donors (Lipinski definition) is 1. The van der Waals surface area contributed by atoms with Crippen LogP contribution in [0.3, 0.4) is 0 Å². The zero-order valence-corrected chi connectivity index (χ0v) is 9.26. The summed E-state index contributed by atoms with van der Waals surface area (Å²) in [5.74, 6) is 0. The molecule has 1 aromatic rings. The molecule has 11 heteroatoms. The minimum absolute atomic E-state index is 0.244. The quantitative estimate of drug-likeness (QED) is 0.509. The molecular weight excluding hydrogens is 286 g/mol. The SMILES string of the molecule is O=c1cc(C(F)F)[nH]c(S(=O)(=O)Cl)c1[N+](=O)[O-]. The summed E-state index contributed by atoms with van der Waals surface area (Å²) in [6, 6.07) is 0.244. The highest BCUT2D eigenvalue weighted by atomic mass is 35.7. The zero-order chi connectivity index (χ0) is 13.4. The van der Waals surface area contributed by atoms with E-state index in [1.165, 1.54) is 0 Å². The first-order valence-electron chi connectivity index (χ1n) is 3.79. The predicted molar refractivity (Wildman–Crippen MR) is 51.7 cm³/mol. The minimum atomic E-state index is -4.72. The van der Waals surface area contributed by atoms with E-state index in [2.05, 4.69) is 0 Å². The standard InChI is InChI=1S/C6H3ClF2N2O5S/c7-17(15,16)6-4(11(13)14)3(12)1-2(10-6)5(8)9/h1,5H,(H,10,12). The molecule has 94 valence electrons. The molecule has 7 nitrogen and oxygen atoms in total. The Morgan fingerprint density at radius 1 is 1.47 bits per heavy atom. The van der Waals surface area contributed by atoms with Gasteiger partial charge in [-0.3, -0.25) is 14.9 Å².